The SMILES string of the molecule is CC[C@@]1(O)C(=O)OCc2c1cc1n(c2=O)Cc2c-1nc1cc3c(cc1c2CNC(=O)OCc1ccc(O[C@@H]2OC(C(=O)O)[C@@H](O)[C@H](O)C2O)c(NC(=O)CCN)c1)OCO3. The molecule has 2 amide bonds. The van der Waals surface area contributed by atoms with Gasteiger partial charge in [-0.25, -0.2) is 19.4 Å². The third-order valence-corrected chi connectivity index (χ3v) is 10.8. The molecule has 8 rings (SSSR count). The van der Waals surface area contributed by atoms with Gasteiger partial charge in [-0.05, 0) is 41.8 Å². The Labute approximate surface area is 338 Å². The van der Waals surface area contributed by atoms with Crippen molar-refractivity contribution >= 4 is 40.5 Å². The summed E-state index contributed by atoms with van der Waals surface area (Å²) in [5.41, 5.74) is 6.05. The number of amides is 2. The number of esters is 1. The lowest BCUT2D eigenvalue weighted by molar-refractivity contribution is -0.271. The van der Waals surface area contributed by atoms with E-state index in [1.165, 1.54) is 22.8 Å². The van der Waals surface area contributed by atoms with Gasteiger partial charge in [-0.15, -0.1) is 0 Å². The van der Waals surface area contributed by atoms with Gasteiger partial charge in [0.05, 0.1) is 34.7 Å². The van der Waals surface area contributed by atoms with Crippen LogP contribution >= 0.6 is 0 Å². The molecule has 21 heteroatoms. The van der Waals surface area contributed by atoms with Gasteiger partial charge in [0.25, 0.3) is 5.56 Å². The second kappa shape index (κ2) is 15.7. The van der Waals surface area contributed by atoms with Crippen LogP contribution in [0.5, 0.6) is 17.2 Å². The second-order valence-corrected chi connectivity index (χ2v) is 14.4. The summed E-state index contributed by atoms with van der Waals surface area (Å²) in [4.78, 5) is 68.9. The van der Waals surface area contributed by atoms with Crippen molar-refractivity contribution in [1.29, 1.82) is 0 Å². The highest BCUT2D eigenvalue weighted by atomic mass is 16.7. The van der Waals surface area contributed by atoms with Crippen molar-refractivity contribution in [3.05, 3.63) is 74.6 Å². The van der Waals surface area contributed by atoms with Gasteiger partial charge in [0.1, 0.15) is 37.3 Å². The Kier molecular flexibility index (Phi) is 10.6. The predicted molar refractivity (Wildman–Crippen MR) is 201 cm³/mol. The first-order valence-electron chi connectivity index (χ1n) is 18.8. The number of aliphatic hydroxyl groups is 4. The average Bonchev–Trinajstić information content (AvgIpc) is 3.84. The highest BCUT2D eigenvalue weighted by molar-refractivity contribution is 5.93. The van der Waals surface area contributed by atoms with Crippen molar-refractivity contribution in [2.75, 3.05) is 18.7 Å². The molecule has 0 saturated carbocycles. The van der Waals surface area contributed by atoms with E-state index in [1.807, 2.05) is 0 Å². The fourth-order valence-corrected chi connectivity index (χ4v) is 7.60. The van der Waals surface area contributed by atoms with E-state index in [-0.39, 0.29) is 75.0 Å². The zero-order chi connectivity index (χ0) is 42.6. The van der Waals surface area contributed by atoms with Crippen LogP contribution in [0.3, 0.4) is 0 Å². The third kappa shape index (κ3) is 6.99. The van der Waals surface area contributed by atoms with Crippen LogP contribution in [0.15, 0.2) is 41.2 Å². The van der Waals surface area contributed by atoms with E-state index in [4.69, 9.17) is 39.1 Å². The third-order valence-electron chi connectivity index (χ3n) is 10.8. The van der Waals surface area contributed by atoms with Crippen LogP contribution in [-0.4, -0.2) is 103 Å². The molecule has 0 bridgehead atoms. The van der Waals surface area contributed by atoms with E-state index in [1.54, 1.807) is 25.1 Å². The number of benzene rings is 2. The zero-order valence-corrected chi connectivity index (χ0v) is 31.7. The molecule has 21 nitrogen and oxygen atoms in total. The fourth-order valence-electron chi connectivity index (χ4n) is 7.60. The van der Waals surface area contributed by atoms with Gasteiger partial charge >= 0.3 is 18.0 Å². The van der Waals surface area contributed by atoms with Crippen LogP contribution in [0.25, 0.3) is 22.3 Å². The van der Waals surface area contributed by atoms with Crippen molar-refractivity contribution in [3.63, 3.8) is 0 Å². The minimum absolute atomic E-state index is 0.000543. The van der Waals surface area contributed by atoms with Crippen molar-refractivity contribution < 1.29 is 73.1 Å². The van der Waals surface area contributed by atoms with E-state index in [0.29, 0.717) is 50.5 Å². The number of carbonyl (C=O) groups excluding carboxylic acids is 3. The van der Waals surface area contributed by atoms with Crippen molar-refractivity contribution in [1.82, 2.24) is 14.9 Å². The van der Waals surface area contributed by atoms with Crippen LogP contribution < -0.4 is 36.1 Å². The van der Waals surface area contributed by atoms with E-state index >= 15 is 0 Å². The second-order valence-electron chi connectivity index (χ2n) is 14.4. The van der Waals surface area contributed by atoms with Gasteiger partial charge in [-0.1, -0.05) is 13.0 Å². The van der Waals surface area contributed by atoms with E-state index in [9.17, 15) is 49.5 Å². The quantitative estimate of drug-likeness (QED) is 0.0799. The summed E-state index contributed by atoms with van der Waals surface area (Å²) in [7, 11) is 0. The molecule has 0 aliphatic carbocycles. The number of cyclic esters (lactones) is 1. The lowest BCUT2D eigenvalue weighted by Crippen LogP contribution is -2.61. The molecule has 2 unspecified atom stereocenters. The van der Waals surface area contributed by atoms with Crippen molar-refractivity contribution in [3.8, 4) is 28.6 Å². The Morgan fingerprint density at radius 3 is 2.52 bits per heavy atom. The maximum Gasteiger partial charge on any atom is 0.407 e. The average molecular weight is 834 g/mol. The number of fused-ring (bicyclic) bond motifs is 6. The molecule has 60 heavy (non-hydrogen) atoms. The molecule has 4 aliphatic rings. The number of carboxylic acid groups (broad SMARTS) is 1. The molecule has 1 fully saturated rings. The van der Waals surface area contributed by atoms with Gasteiger partial charge in [0, 0.05) is 42.1 Å². The Bertz CT molecular complexity index is 2510. The van der Waals surface area contributed by atoms with E-state index in [2.05, 4.69) is 10.6 Å². The molecule has 4 aromatic rings. The molecular formula is C39H39N5O16. The number of nitrogens with one attached hydrogen (secondary N) is 2. The number of aromatic nitrogens is 2. The van der Waals surface area contributed by atoms with E-state index in [0.717, 1.165) is 0 Å². The van der Waals surface area contributed by atoms with Crippen LogP contribution in [-0.2, 0) is 60.5 Å². The number of pyridine rings is 2. The van der Waals surface area contributed by atoms with Gasteiger partial charge in [-0.2, -0.15) is 0 Å². The maximum atomic E-state index is 13.9. The zero-order valence-electron chi connectivity index (χ0n) is 31.7. The Hall–Kier alpha value is -6.36. The Morgan fingerprint density at radius 1 is 1.02 bits per heavy atom. The summed E-state index contributed by atoms with van der Waals surface area (Å²) in [6, 6.07) is 9.15. The number of aliphatic carboxylic acids is 1. The summed E-state index contributed by atoms with van der Waals surface area (Å²) < 4.78 is 34.3. The molecule has 4 aliphatic heterocycles. The van der Waals surface area contributed by atoms with Crippen molar-refractivity contribution in [2.45, 2.75) is 82.4 Å². The normalized spacial score (nSPS) is 23.6. The number of nitrogens with two attached hydrogens (primary N) is 1. The highest BCUT2D eigenvalue weighted by Gasteiger charge is 2.49. The Morgan fingerprint density at radius 2 is 1.78 bits per heavy atom. The van der Waals surface area contributed by atoms with E-state index < -0.39 is 65.8 Å². The van der Waals surface area contributed by atoms with Crippen LogP contribution in [0.4, 0.5) is 10.5 Å². The van der Waals surface area contributed by atoms with Crippen LogP contribution in [0, 0.1) is 0 Å². The van der Waals surface area contributed by atoms with Crippen molar-refractivity contribution in [2.24, 2.45) is 5.73 Å². The first-order chi connectivity index (χ1) is 28.7. The number of rotatable bonds is 11. The molecule has 316 valence electrons. The number of ether oxygens (including phenoxy) is 6. The van der Waals surface area contributed by atoms with Gasteiger partial charge < -0.3 is 74.9 Å². The molecule has 0 radical (unpaired) electrons. The number of nitrogens with zero attached hydrogens (tertiary/aromatic N) is 2. The first kappa shape index (κ1) is 40.4. The smallest absolute Gasteiger partial charge is 0.407 e. The number of hydrogen-bond acceptors (Lipinski definition) is 17. The molecular weight excluding hydrogens is 794 g/mol. The summed E-state index contributed by atoms with van der Waals surface area (Å²) in [5, 5.41) is 57.4. The molecule has 1 saturated heterocycles. The number of carbonyl (C=O) groups is 4. The monoisotopic (exact) mass is 833 g/mol. The minimum atomic E-state index is -2.03. The maximum absolute atomic E-state index is 13.9. The number of carboxylic acids is 1. The summed E-state index contributed by atoms with van der Waals surface area (Å²) in [6.45, 7) is 0.893. The van der Waals surface area contributed by atoms with Gasteiger partial charge in [0.2, 0.25) is 19.0 Å². The van der Waals surface area contributed by atoms with Crippen LogP contribution in [0.1, 0.15) is 47.6 Å². The molecule has 2 aromatic heterocycles. The lowest BCUT2D eigenvalue weighted by atomic mass is 9.86. The Balaban J connectivity index is 1.04. The molecule has 2 aromatic carbocycles. The van der Waals surface area contributed by atoms with Crippen LogP contribution in [0.2, 0.25) is 0 Å². The molecule has 9 N–H and O–H groups in total. The summed E-state index contributed by atoms with van der Waals surface area (Å²) in [6.07, 6.45) is -10.5. The largest absolute Gasteiger partial charge is 0.479 e. The number of alkyl carbamates (subject to hydrolysis) is 1. The number of anilines is 1. The topological polar surface area (TPSA) is 310 Å². The molecule has 6 atom stereocenters. The minimum Gasteiger partial charge on any atom is -0.479 e. The van der Waals surface area contributed by atoms with Gasteiger partial charge in [-0.3, -0.25) is 9.59 Å². The fraction of sp³-hybridized carbons (Fsp3) is 0.385. The molecule has 6 heterocycles. The standard InChI is InChI=1S/C39H39N5O16/c1-2-39(54)21-9-24-29-19(12-44(24)34(49)20(21)14-55-37(39)52)18(17-8-26-27(58-15-57-26)10-22(17)43-29)11-41-38(53)56-13-16-3-4-25(23(7-16)42-28(45)5-6-40)59-36-32(48)30(46)31(47)33(60-36)35(50)51/h3-4,7-10,30-33,36,46-48,54H,2,5-6,11-15,40H2,1H3,(H,41,53)(H,42,45)(H,50,51)/t30-,31-,32?,33?,36+,39-/m0/s1. The highest BCUT2D eigenvalue weighted by Crippen LogP contribution is 2.43. The summed E-state index contributed by atoms with van der Waals surface area (Å²) in [5.74, 6) is -2.24. The predicted octanol–water partition coefficient (Wildman–Crippen LogP) is -0.207. The number of aliphatic hydroxyl groups excluding tert-OH is 3. The molecule has 0 spiro atoms. The lowest BCUT2D eigenvalue weighted by Gasteiger charge is -2.38. The van der Waals surface area contributed by atoms with Gasteiger partial charge in [0.15, 0.2) is 23.2 Å². The first-order valence-corrected chi connectivity index (χ1v) is 18.8. The summed E-state index contributed by atoms with van der Waals surface area (Å²) >= 11 is 0. The number of hydrogen-bond donors (Lipinski definition) is 8.